The molecule has 0 radical (unpaired) electrons. The highest BCUT2D eigenvalue weighted by Gasteiger charge is 2.09. The average Bonchev–Trinajstić information content (AvgIpc) is 2.35. The first kappa shape index (κ1) is 8.07. The van der Waals surface area contributed by atoms with Crippen molar-refractivity contribution in [3.8, 4) is 0 Å². The Labute approximate surface area is 68.1 Å². The van der Waals surface area contributed by atoms with E-state index in [2.05, 4.69) is 4.98 Å². The fourth-order valence-electron chi connectivity index (χ4n) is 0.667. The summed E-state index contributed by atoms with van der Waals surface area (Å²) < 4.78 is 0. The number of rotatable bonds is 3. The summed E-state index contributed by atoms with van der Waals surface area (Å²) in [5, 5.41) is 1.64. The van der Waals surface area contributed by atoms with Gasteiger partial charge in [-0.3, -0.25) is 9.59 Å². The molecule has 0 unspecified atom stereocenters. The van der Waals surface area contributed by atoms with Crippen LogP contribution in [0.25, 0.3) is 0 Å². The number of Topliss-reactive ketones (excluding diaryl/α,β-unsaturated/α-hetero) is 2. The van der Waals surface area contributed by atoms with E-state index in [-0.39, 0.29) is 18.0 Å². The monoisotopic (exact) mass is 169 g/mol. The van der Waals surface area contributed by atoms with E-state index < -0.39 is 0 Å². The molecule has 3 nitrogen and oxygen atoms in total. The Morgan fingerprint density at radius 2 is 2.36 bits per heavy atom. The summed E-state index contributed by atoms with van der Waals surface area (Å²) in [6.45, 7) is 1.39. The molecule has 0 N–H and O–H groups in total. The quantitative estimate of drug-likeness (QED) is 0.506. The number of carbonyl (C=O) groups is 2. The van der Waals surface area contributed by atoms with Crippen molar-refractivity contribution in [1.82, 2.24) is 4.98 Å². The zero-order valence-electron chi connectivity index (χ0n) is 6.03. The lowest BCUT2D eigenvalue weighted by molar-refractivity contribution is -0.116. The Kier molecular flexibility index (Phi) is 2.48. The lowest BCUT2D eigenvalue weighted by Gasteiger charge is -1.89. The van der Waals surface area contributed by atoms with Crippen molar-refractivity contribution in [2.24, 2.45) is 0 Å². The van der Waals surface area contributed by atoms with Crippen molar-refractivity contribution in [3.05, 3.63) is 16.6 Å². The molecule has 11 heavy (non-hydrogen) atoms. The van der Waals surface area contributed by atoms with Crippen LogP contribution in [0.4, 0.5) is 0 Å². The molecule has 58 valence electrons. The fourth-order valence-corrected chi connectivity index (χ4v) is 1.22. The third kappa shape index (κ3) is 2.23. The van der Waals surface area contributed by atoms with Gasteiger partial charge in [-0.2, -0.15) is 0 Å². The molecule has 0 aliphatic carbocycles. The van der Waals surface area contributed by atoms with Gasteiger partial charge in [-0.25, -0.2) is 4.98 Å². The molecule has 0 saturated heterocycles. The zero-order chi connectivity index (χ0) is 8.27. The van der Waals surface area contributed by atoms with Crippen LogP contribution in [0.15, 0.2) is 10.9 Å². The van der Waals surface area contributed by atoms with E-state index in [9.17, 15) is 9.59 Å². The van der Waals surface area contributed by atoms with Gasteiger partial charge in [-0.1, -0.05) is 0 Å². The smallest absolute Gasteiger partial charge is 0.189 e. The highest BCUT2D eigenvalue weighted by Crippen LogP contribution is 2.04. The first-order valence-electron chi connectivity index (χ1n) is 3.11. The van der Waals surface area contributed by atoms with Crippen LogP contribution < -0.4 is 0 Å². The number of hydrogen-bond acceptors (Lipinski definition) is 4. The van der Waals surface area contributed by atoms with Gasteiger partial charge >= 0.3 is 0 Å². The largest absolute Gasteiger partial charge is 0.300 e. The Balaban J connectivity index is 2.64. The minimum Gasteiger partial charge on any atom is -0.300 e. The molecule has 0 saturated carbocycles. The molecule has 0 aliphatic rings. The average molecular weight is 169 g/mol. The number of carbonyl (C=O) groups excluding carboxylic acids is 2. The maximum Gasteiger partial charge on any atom is 0.189 e. The van der Waals surface area contributed by atoms with E-state index in [1.165, 1.54) is 18.3 Å². The Hall–Kier alpha value is -1.03. The van der Waals surface area contributed by atoms with Crippen molar-refractivity contribution in [1.29, 1.82) is 0 Å². The van der Waals surface area contributed by atoms with Gasteiger partial charge in [-0.15, -0.1) is 11.3 Å². The van der Waals surface area contributed by atoms with Gasteiger partial charge in [0.25, 0.3) is 0 Å². The van der Waals surface area contributed by atoms with Gasteiger partial charge in [0.15, 0.2) is 5.78 Å². The van der Waals surface area contributed by atoms with Crippen LogP contribution in [-0.4, -0.2) is 16.6 Å². The fraction of sp³-hybridized carbons (Fsp3) is 0.286. The molecule has 0 amide bonds. The van der Waals surface area contributed by atoms with E-state index in [4.69, 9.17) is 0 Å². The van der Waals surface area contributed by atoms with Crippen molar-refractivity contribution in [2.45, 2.75) is 13.3 Å². The Bertz CT molecular complexity index is 266. The van der Waals surface area contributed by atoms with E-state index in [0.29, 0.717) is 5.69 Å². The molecular formula is C7H7NO2S. The summed E-state index contributed by atoms with van der Waals surface area (Å²) in [6.07, 6.45) is -0.0380. The van der Waals surface area contributed by atoms with E-state index in [1.807, 2.05) is 0 Å². The molecule has 1 rings (SSSR count). The third-order valence-electron chi connectivity index (χ3n) is 1.13. The van der Waals surface area contributed by atoms with Gasteiger partial charge in [0.05, 0.1) is 11.9 Å². The van der Waals surface area contributed by atoms with Crippen molar-refractivity contribution < 1.29 is 9.59 Å². The van der Waals surface area contributed by atoms with E-state index in [0.717, 1.165) is 0 Å². The minimum atomic E-state index is -0.196. The van der Waals surface area contributed by atoms with Crippen molar-refractivity contribution >= 4 is 22.9 Å². The van der Waals surface area contributed by atoms with E-state index >= 15 is 0 Å². The second-order valence-electron chi connectivity index (χ2n) is 2.18. The summed E-state index contributed by atoms with van der Waals surface area (Å²) in [6, 6.07) is 0. The molecule has 4 heteroatoms. The summed E-state index contributed by atoms with van der Waals surface area (Å²) in [5.74, 6) is -0.318. The Morgan fingerprint density at radius 1 is 1.64 bits per heavy atom. The maximum atomic E-state index is 11.0. The summed E-state index contributed by atoms with van der Waals surface area (Å²) in [7, 11) is 0. The van der Waals surface area contributed by atoms with E-state index in [1.54, 1.807) is 10.9 Å². The van der Waals surface area contributed by atoms with Crippen molar-refractivity contribution in [2.75, 3.05) is 0 Å². The van der Waals surface area contributed by atoms with Crippen LogP contribution in [0.1, 0.15) is 23.8 Å². The maximum absolute atomic E-state index is 11.0. The zero-order valence-corrected chi connectivity index (χ0v) is 6.85. The van der Waals surface area contributed by atoms with Crippen LogP contribution in [-0.2, 0) is 4.79 Å². The first-order valence-corrected chi connectivity index (χ1v) is 4.05. The van der Waals surface area contributed by atoms with Gasteiger partial charge in [-0.05, 0) is 6.92 Å². The number of nitrogens with zero attached hydrogens (tertiary/aromatic N) is 1. The second kappa shape index (κ2) is 3.39. The molecule has 1 heterocycles. The van der Waals surface area contributed by atoms with Gasteiger partial charge in [0, 0.05) is 5.38 Å². The van der Waals surface area contributed by atoms with Crippen LogP contribution >= 0.6 is 11.3 Å². The lowest BCUT2D eigenvalue weighted by Crippen LogP contribution is -2.04. The SMILES string of the molecule is CC(=O)CC(=O)c1cscn1. The molecule has 0 spiro atoms. The van der Waals surface area contributed by atoms with Crippen LogP contribution in [0.5, 0.6) is 0 Å². The predicted molar refractivity (Wildman–Crippen MR) is 41.7 cm³/mol. The highest BCUT2D eigenvalue weighted by molar-refractivity contribution is 7.07. The molecule has 0 bridgehead atoms. The molecule has 0 aromatic carbocycles. The molecule has 0 fully saturated rings. The van der Waals surface area contributed by atoms with Gasteiger partial charge in [0.2, 0.25) is 0 Å². The standard InChI is InChI=1S/C7H7NO2S/c1-5(9)2-7(10)6-3-11-4-8-6/h3-4H,2H2,1H3. The number of ketones is 2. The Morgan fingerprint density at radius 3 is 2.82 bits per heavy atom. The summed E-state index contributed by atoms with van der Waals surface area (Å²) in [4.78, 5) is 25.3. The molecule has 1 aromatic heterocycles. The lowest BCUT2D eigenvalue weighted by atomic mass is 10.2. The predicted octanol–water partition coefficient (Wildman–Crippen LogP) is 1.30. The summed E-state index contributed by atoms with van der Waals surface area (Å²) in [5.41, 5.74) is 1.97. The molecule has 0 aliphatic heterocycles. The number of hydrogen-bond donors (Lipinski definition) is 0. The summed E-state index contributed by atoms with van der Waals surface area (Å²) >= 11 is 1.35. The van der Waals surface area contributed by atoms with Crippen LogP contribution in [0.3, 0.4) is 0 Å². The minimum absolute atomic E-state index is 0.0380. The molecule has 0 atom stereocenters. The van der Waals surface area contributed by atoms with Crippen LogP contribution in [0.2, 0.25) is 0 Å². The third-order valence-corrected chi connectivity index (χ3v) is 1.71. The molecular weight excluding hydrogens is 162 g/mol. The van der Waals surface area contributed by atoms with Gasteiger partial charge in [0.1, 0.15) is 11.5 Å². The number of thiazole rings is 1. The van der Waals surface area contributed by atoms with Crippen LogP contribution in [0, 0.1) is 0 Å². The second-order valence-corrected chi connectivity index (χ2v) is 2.89. The highest BCUT2D eigenvalue weighted by atomic mass is 32.1. The molecule has 1 aromatic rings. The van der Waals surface area contributed by atoms with Crippen molar-refractivity contribution in [3.63, 3.8) is 0 Å². The first-order chi connectivity index (χ1) is 5.20. The topological polar surface area (TPSA) is 47.0 Å². The van der Waals surface area contributed by atoms with Gasteiger partial charge < -0.3 is 0 Å². The normalized spacial score (nSPS) is 9.55. The number of aromatic nitrogens is 1.